The van der Waals surface area contributed by atoms with Crippen molar-refractivity contribution in [3.63, 3.8) is 0 Å². The zero-order valence-corrected chi connectivity index (χ0v) is 15.3. The molecule has 4 aromatic rings. The van der Waals surface area contributed by atoms with Crippen LogP contribution in [0, 0.1) is 0 Å². The Balaban J connectivity index is 1.55. The van der Waals surface area contributed by atoms with Crippen molar-refractivity contribution in [1.82, 2.24) is 24.4 Å². The molecule has 0 spiro atoms. The number of hydrogen-bond acceptors (Lipinski definition) is 6. The Bertz CT molecular complexity index is 1130. The summed E-state index contributed by atoms with van der Waals surface area (Å²) >= 11 is 1.38. The van der Waals surface area contributed by atoms with E-state index in [1.165, 1.54) is 21.9 Å². The Morgan fingerprint density at radius 1 is 1.23 bits per heavy atom. The smallest absolute Gasteiger partial charge is 0.275 e. The van der Waals surface area contributed by atoms with E-state index in [9.17, 15) is 4.79 Å². The predicted octanol–water partition coefficient (Wildman–Crippen LogP) is 2.73. The standard InChI is InChI=1S/C18H18N6OS/c1-3-15-8-16(25)24-18(21-15)26-17(22-24)19-9-12-5-4-6-13(7-12)14-10-20-23(2)11-14/h4-8,10-11H,3,9H2,1-2H3,(H,19,22). The van der Waals surface area contributed by atoms with Crippen molar-refractivity contribution in [2.45, 2.75) is 19.9 Å². The number of hydrogen-bond donors (Lipinski definition) is 1. The van der Waals surface area contributed by atoms with Gasteiger partial charge in [0.1, 0.15) is 0 Å². The molecule has 7 nitrogen and oxygen atoms in total. The van der Waals surface area contributed by atoms with Crippen LogP contribution in [0.2, 0.25) is 0 Å². The lowest BCUT2D eigenvalue weighted by Gasteiger charge is -2.04. The molecule has 0 fully saturated rings. The first-order valence-corrected chi connectivity index (χ1v) is 9.15. The van der Waals surface area contributed by atoms with Gasteiger partial charge in [-0.25, -0.2) is 4.98 Å². The molecule has 0 aliphatic carbocycles. The largest absolute Gasteiger partial charge is 0.356 e. The first-order valence-electron chi connectivity index (χ1n) is 8.34. The summed E-state index contributed by atoms with van der Waals surface area (Å²) in [6.07, 6.45) is 4.57. The van der Waals surface area contributed by atoms with Crippen LogP contribution < -0.4 is 10.9 Å². The summed E-state index contributed by atoms with van der Waals surface area (Å²) in [6.45, 7) is 2.59. The third kappa shape index (κ3) is 3.23. The van der Waals surface area contributed by atoms with E-state index >= 15 is 0 Å². The highest BCUT2D eigenvalue weighted by Crippen LogP contribution is 2.21. The number of rotatable bonds is 5. The molecule has 132 valence electrons. The van der Waals surface area contributed by atoms with Gasteiger partial charge in [0.2, 0.25) is 10.1 Å². The predicted molar refractivity (Wildman–Crippen MR) is 102 cm³/mol. The minimum absolute atomic E-state index is 0.144. The van der Waals surface area contributed by atoms with Crippen LogP contribution in [0.25, 0.3) is 16.1 Å². The van der Waals surface area contributed by atoms with Gasteiger partial charge in [-0.1, -0.05) is 36.5 Å². The molecule has 0 saturated carbocycles. The fourth-order valence-corrected chi connectivity index (χ4v) is 3.54. The second kappa shape index (κ2) is 6.72. The van der Waals surface area contributed by atoms with Gasteiger partial charge in [-0.3, -0.25) is 9.48 Å². The van der Waals surface area contributed by atoms with Crippen molar-refractivity contribution in [2.24, 2.45) is 7.05 Å². The van der Waals surface area contributed by atoms with Crippen LogP contribution in [0.4, 0.5) is 5.13 Å². The van der Waals surface area contributed by atoms with Gasteiger partial charge in [-0.15, -0.1) is 5.10 Å². The van der Waals surface area contributed by atoms with Crippen LogP contribution in [-0.2, 0) is 20.0 Å². The quantitative estimate of drug-likeness (QED) is 0.588. The molecule has 4 rings (SSSR count). The maximum atomic E-state index is 12.1. The van der Waals surface area contributed by atoms with E-state index in [0.29, 0.717) is 16.6 Å². The SMILES string of the molecule is CCc1cc(=O)n2nc(NCc3cccc(-c4cnn(C)c4)c3)sc2n1. The summed E-state index contributed by atoms with van der Waals surface area (Å²) in [4.78, 5) is 17.1. The Kier molecular flexibility index (Phi) is 4.26. The van der Waals surface area contributed by atoms with Crippen molar-refractivity contribution in [3.05, 3.63) is 64.3 Å². The molecule has 0 atom stereocenters. The maximum absolute atomic E-state index is 12.1. The van der Waals surface area contributed by atoms with Gasteiger partial charge in [-0.2, -0.15) is 9.61 Å². The highest BCUT2D eigenvalue weighted by atomic mass is 32.1. The summed E-state index contributed by atoms with van der Waals surface area (Å²) in [5, 5.41) is 12.5. The molecule has 0 aliphatic heterocycles. The lowest BCUT2D eigenvalue weighted by atomic mass is 10.1. The molecular formula is C18H18N6OS. The Hall–Kier alpha value is -3.00. The number of aromatic nitrogens is 5. The van der Waals surface area contributed by atoms with Gasteiger partial charge >= 0.3 is 0 Å². The number of anilines is 1. The second-order valence-electron chi connectivity index (χ2n) is 6.00. The first kappa shape index (κ1) is 16.5. The van der Waals surface area contributed by atoms with Crippen LogP contribution in [0.3, 0.4) is 0 Å². The first-order chi connectivity index (χ1) is 12.6. The topological polar surface area (TPSA) is 77.1 Å². The van der Waals surface area contributed by atoms with E-state index < -0.39 is 0 Å². The van der Waals surface area contributed by atoms with Crippen LogP contribution >= 0.6 is 11.3 Å². The molecule has 26 heavy (non-hydrogen) atoms. The van der Waals surface area contributed by atoms with E-state index in [0.717, 1.165) is 28.8 Å². The minimum atomic E-state index is -0.144. The molecule has 0 saturated heterocycles. The summed E-state index contributed by atoms with van der Waals surface area (Å²) in [7, 11) is 1.90. The molecule has 1 aromatic carbocycles. The normalized spacial score (nSPS) is 11.2. The Morgan fingerprint density at radius 3 is 2.88 bits per heavy atom. The fourth-order valence-electron chi connectivity index (χ4n) is 2.72. The highest BCUT2D eigenvalue weighted by molar-refractivity contribution is 7.20. The molecule has 0 aliphatic rings. The summed E-state index contributed by atoms with van der Waals surface area (Å²) in [6, 6.07) is 9.80. The van der Waals surface area contributed by atoms with E-state index in [4.69, 9.17) is 0 Å². The molecule has 0 amide bonds. The molecule has 1 N–H and O–H groups in total. The monoisotopic (exact) mass is 366 g/mol. The summed E-state index contributed by atoms with van der Waals surface area (Å²) < 4.78 is 3.13. The average Bonchev–Trinajstić information content (AvgIpc) is 3.26. The van der Waals surface area contributed by atoms with Crippen molar-refractivity contribution >= 4 is 21.4 Å². The fraction of sp³-hybridized carbons (Fsp3) is 0.222. The van der Waals surface area contributed by atoms with Crippen molar-refractivity contribution in [1.29, 1.82) is 0 Å². The molecule has 3 aromatic heterocycles. The number of nitrogens with one attached hydrogen (secondary N) is 1. The molecule has 3 heterocycles. The van der Waals surface area contributed by atoms with Crippen LogP contribution in [0.1, 0.15) is 18.2 Å². The maximum Gasteiger partial charge on any atom is 0.275 e. The number of nitrogens with zero attached hydrogens (tertiary/aromatic N) is 5. The van der Waals surface area contributed by atoms with Gasteiger partial charge in [0.05, 0.1) is 6.20 Å². The lowest BCUT2D eigenvalue weighted by Crippen LogP contribution is -2.15. The van der Waals surface area contributed by atoms with Crippen LogP contribution in [0.5, 0.6) is 0 Å². The van der Waals surface area contributed by atoms with Gasteiger partial charge in [0.25, 0.3) is 5.56 Å². The van der Waals surface area contributed by atoms with E-state index in [-0.39, 0.29) is 5.56 Å². The van der Waals surface area contributed by atoms with Crippen molar-refractivity contribution in [3.8, 4) is 11.1 Å². The van der Waals surface area contributed by atoms with Crippen LogP contribution in [0.15, 0.2) is 47.5 Å². The van der Waals surface area contributed by atoms with Gasteiger partial charge in [0, 0.05) is 37.1 Å². The molecule has 0 unspecified atom stereocenters. The number of fused-ring (bicyclic) bond motifs is 1. The molecule has 0 radical (unpaired) electrons. The van der Waals surface area contributed by atoms with E-state index in [2.05, 4.69) is 38.7 Å². The van der Waals surface area contributed by atoms with Crippen LogP contribution in [-0.4, -0.2) is 24.4 Å². The minimum Gasteiger partial charge on any atom is -0.356 e. The summed E-state index contributed by atoms with van der Waals surface area (Å²) in [5.41, 5.74) is 3.97. The van der Waals surface area contributed by atoms with Crippen molar-refractivity contribution in [2.75, 3.05) is 5.32 Å². The van der Waals surface area contributed by atoms with Crippen molar-refractivity contribution < 1.29 is 0 Å². The lowest BCUT2D eigenvalue weighted by molar-refractivity contribution is 0.768. The molecular weight excluding hydrogens is 348 g/mol. The average molecular weight is 366 g/mol. The van der Waals surface area contributed by atoms with E-state index in [1.54, 1.807) is 4.68 Å². The summed E-state index contributed by atoms with van der Waals surface area (Å²) in [5.74, 6) is 0. The molecule has 0 bridgehead atoms. The second-order valence-corrected chi connectivity index (χ2v) is 6.95. The zero-order valence-electron chi connectivity index (χ0n) is 14.5. The third-order valence-corrected chi connectivity index (χ3v) is 4.94. The van der Waals surface area contributed by atoms with Gasteiger partial charge in [-0.05, 0) is 23.6 Å². The van der Waals surface area contributed by atoms with E-state index in [1.807, 2.05) is 32.4 Å². The zero-order chi connectivity index (χ0) is 18.1. The molecule has 8 heteroatoms. The highest BCUT2D eigenvalue weighted by Gasteiger charge is 2.08. The number of benzene rings is 1. The Morgan fingerprint density at radius 2 is 2.12 bits per heavy atom. The van der Waals surface area contributed by atoms with Gasteiger partial charge < -0.3 is 5.32 Å². The third-order valence-electron chi connectivity index (χ3n) is 4.07. The van der Waals surface area contributed by atoms with Gasteiger partial charge in [0.15, 0.2) is 0 Å². The Labute approximate surface area is 154 Å². The number of aryl methyl sites for hydroxylation is 2.